The Morgan fingerprint density at radius 1 is 1.21 bits per heavy atom. The third-order valence-electron chi connectivity index (χ3n) is 2.55. The van der Waals surface area contributed by atoms with Crippen molar-refractivity contribution in [3.8, 4) is 17.6 Å². The Labute approximate surface area is 114 Å². The van der Waals surface area contributed by atoms with Crippen molar-refractivity contribution >= 4 is 22.6 Å². The fourth-order valence-electron chi connectivity index (χ4n) is 1.65. The first-order chi connectivity index (χ1) is 9.22. The van der Waals surface area contributed by atoms with E-state index in [4.69, 9.17) is 11.6 Å². The van der Waals surface area contributed by atoms with Crippen molar-refractivity contribution in [1.29, 1.82) is 0 Å². The van der Waals surface area contributed by atoms with Crippen LogP contribution in [0.25, 0.3) is 11.0 Å². The molecule has 0 unspecified atom stereocenters. The second-order valence-corrected chi connectivity index (χ2v) is 4.24. The van der Waals surface area contributed by atoms with E-state index in [9.17, 15) is 5.11 Å². The van der Waals surface area contributed by atoms with Crippen molar-refractivity contribution in [2.45, 2.75) is 0 Å². The molecule has 0 aromatic carbocycles. The van der Waals surface area contributed by atoms with Gasteiger partial charge in [-0.05, 0) is 42.2 Å². The maximum atomic E-state index is 9.27. The lowest BCUT2D eigenvalue weighted by Gasteiger charge is -1.94. The minimum Gasteiger partial charge on any atom is -0.505 e. The van der Waals surface area contributed by atoms with E-state index in [1.165, 1.54) is 6.07 Å². The first-order valence-electron chi connectivity index (χ1n) is 5.53. The summed E-state index contributed by atoms with van der Waals surface area (Å²) < 4.78 is 0. The number of nitrogens with zero attached hydrogens (tertiary/aromatic N) is 2. The summed E-state index contributed by atoms with van der Waals surface area (Å²) in [5.41, 5.74) is 2.04. The molecular formula is C14H8ClN3O. The third kappa shape index (κ3) is 2.37. The van der Waals surface area contributed by atoms with Crippen LogP contribution in [-0.2, 0) is 0 Å². The van der Waals surface area contributed by atoms with E-state index in [1.807, 2.05) is 18.2 Å². The number of aromatic amines is 1. The first kappa shape index (κ1) is 11.6. The van der Waals surface area contributed by atoms with Crippen LogP contribution in [0.15, 0.2) is 36.5 Å². The Morgan fingerprint density at radius 3 is 2.89 bits per heavy atom. The van der Waals surface area contributed by atoms with Gasteiger partial charge in [0.15, 0.2) is 10.9 Å². The molecule has 3 aromatic rings. The fraction of sp³-hybridized carbons (Fsp3) is 0. The van der Waals surface area contributed by atoms with Crippen LogP contribution in [0.5, 0.6) is 5.75 Å². The van der Waals surface area contributed by atoms with Crippen LogP contribution in [0.2, 0.25) is 5.15 Å². The van der Waals surface area contributed by atoms with Gasteiger partial charge in [0.25, 0.3) is 0 Å². The van der Waals surface area contributed by atoms with E-state index in [2.05, 4.69) is 26.8 Å². The number of fused-ring (bicyclic) bond motifs is 1. The zero-order valence-electron chi connectivity index (χ0n) is 9.68. The van der Waals surface area contributed by atoms with Gasteiger partial charge in [0.05, 0.1) is 5.69 Å². The molecule has 0 spiro atoms. The normalized spacial score (nSPS) is 10.2. The molecule has 0 aliphatic heterocycles. The predicted molar refractivity (Wildman–Crippen MR) is 73.0 cm³/mol. The highest BCUT2D eigenvalue weighted by atomic mass is 35.5. The molecule has 19 heavy (non-hydrogen) atoms. The van der Waals surface area contributed by atoms with Crippen LogP contribution in [0.4, 0.5) is 0 Å². The van der Waals surface area contributed by atoms with Gasteiger partial charge >= 0.3 is 0 Å². The molecule has 0 saturated heterocycles. The van der Waals surface area contributed by atoms with Gasteiger partial charge in [0.2, 0.25) is 0 Å². The van der Waals surface area contributed by atoms with Crippen LogP contribution < -0.4 is 0 Å². The average Bonchev–Trinajstić information content (AvgIpc) is 2.83. The SMILES string of the molecule is Oc1ccc(C#Cc2cc3cccnc3[nH]2)nc1Cl. The lowest BCUT2D eigenvalue weighted by Crippen LogP contribution is -1.83. The zero-order valence-corrected chi connectivity index (χ0v) is 10.4. The second kappa shape index (κ2) is 4.63. The number of nitrogens with one attached hydrogen (secondary N) is 1. The predicted octanol–water partition coefficient (Wildman–Crippen LogP) is 2.72. The summed E-state index contributed by atoms with van der Waals surface area (Å²) in [7, 11) is 0. The maximum Gasteiger partial charge on any atom is 0.172 e. The summed E-state index contributed by atoms with van der Waals surface area (Å²) in [6.45, 7) is 0. The molecule has 5 heteroatoms. The molecule has 0 fully saturated rings. The summed E-state index contributed by atoms with van der Waals surface area (Å²) in [6, 6.07) is 8.81. The van der Waals surface area contributed by atoms with Gasteiger partial charge in [0, 0.05) is 11.6 Å². The van der Waals surface area contributed by atoms with E-state index < -0.39 is 0 Å². The lowest BCUT2D eigenvalue weighted by atomic mass is 10.3. The molecule has 0 amide bonds. The average molecular weight is 270 g/mol. The number of pyridine rings is 2. The lowest BCUT2D eigenvalue weighted by molar-refractivity contribution is 0.473. The van der Waals surface area contributed by atoms with Gasteiger partial charge < -0.3 is 10.1 Å². The smallest absolute Gasteiger partial charge is 0.172 e. The van der Waals surface area contributed by atoms with Crippen molar-refractivity contribution in [2.24, 2.45) is 0 Å². The number of rotatable bonds is 0. The van der Waals surface area contributed by atoms with Crippen molar-refractivity contribution in [3.63, 3.8) is 0 Å². The summed E-state index contributed by atoms with van der Waals surface area (Å²) in [6.07, 6.45) is 1.72. The van der Waals surface area contributed by atoms with Crippen LogP contribution in [0.1, 0.15) is 11.4 Å². The largest absolute Gasteiger partial charge is 0.505 e. The van der Waals surface area contributed by atoms with E-state index in [0.717, 1.165) is 16.7 Å². The first-order valence-corrected chi connectivity index (χ1v) is 5.91. The third-order valence-corrected chi connectivity index (χ3v) is 2.82. The van der Waals surface area contributed by atoms with Gasteiger partial charge in [-0.25, -0.2) is 9.97 Å². The Bertz CT molecular complexity index is 781. The Hall–Kier alpha value is -2.51. The van der Waals surface area contributed by atoms with Crippen molar-refractivity contribution in [2.75, 3.05) is 0 Å². The van der Waals surface area contributed by atoms with E-state index in [-0.39, 0.29) is 10.9 Å². The minimum absolute atomic E-state index is 0.0464. The van der Waals surface area contributed by atoms with Gasteiger partial charge in [-0.1, -0.05) is 11.6 Å². The number of aromatic nitrogens is 3. The standard InChI is InChI=1S/C14H8ClN3O/c15-13-12(19)6-5-10(17-13)3-4-11-8-9-2-1-7-16-14(9)18-11/h1-2,5-8,19H,(H,16,18). The van der Waals surface area contributed by atoms with Crippen molar-refractivity contribution < 1.29 is 5.11 Å². The van der Waals surface area contributed by atoms with E-state index >= 15 is 0 Å². The van der Waals surface area contributed by atoms with E-state index in [1.54, 1.807) is 12.3 Å². The number of hydrogen-bond acceptors (Lipinski definition) is 3. The number of halogens is 1. The number of H-pyrrole nitrogens is 1. The number of hydrogen-bond donors (Lipinski definition) is 2. The number of aromatic hydroxyl groups is 1. The highest BCUT2D eigenvalue weighted by molar-refractivity contribution is 6.30. The fourth-order valence-corrected chi connectivity index (χ4v) is 1.81. The summed E-state index contributed by atoms with van der Waals surface area (Å²) >= 11 is 5.71. The van der Waals surface area contributed by atoms with Crippen molar-refractivity contribution in [3.05, 3.63) is 53.1 Å². The van der Waals surface area contributed by atoms with Crippen LogP contribution in [0, 0.1) is 11.8 Å². The summed E-state index contributed by atoms with van der Waals surface area (Å²) in [5, 5.41) is 10.3. The van der Waals surface area contributed by atoms with Crippen LogP contribution in [0.3, 0.4) is 0 Å². The molecular weight excluding hydrogens is 262 g/mol. The van der Waals surface area contributed by atoms with Gasteiger partial charge in [-0.15, -0.1) is 0 Å². The highest BCUT2D eigenvalue weighted by Crippen LogP contribution is 2.19. The maximum absolute atomic E-state index is 9.27. The highest BCUT2D eigenvalue weighted by Gasteiger charge is 2.00. The van der Waals surface area contributed by atoms with Crippen LogP contribution >= 0.6 is 11.6 Å². The van der Waals surface area contributed by atoms with Crippen molar-refractivity contribution in [1.82, 2.24) is 15.0 Å². The van der Waals surface area contributed by atoms with Gasteiger partial charge in [-0.2, -0.15) is 0 Å². The zero-order chi connectivity index (χ0) is 13.2. The molecule has 0 radical (unpaired) electrons. The Morgan fingerprint density at radius 2 is 2.11 bits per heavy atom. The minimum atomic E-state index is -0.0537. The molecule has 0 atom stereocenters. The van der Waals surface area contributed by atoms with Crippen LogP contribution in [-0.4, -0.2) is 20.1 Å². The summed E-state index contributed by atoms with van der Waals surface area (Å²) in [5.74, 6) is 5.77. The Balaban J connectivity index is 1.96. The monoisotopic (exact) mass is 269 g/mol. The molecule has 3 rings (SSSR count). The molecule has 0 aliphatic carbocycles. The molecule has 3 aromatic heterocycles. The van der Waals surface area contributed by atoms with Gasteiger partial charge in [-0.3, -0.25) is 0 Å². The molecule has 0 saturated carbocycles. The molecule has 2 N–H and O–H groups in total. The topological polar surface area (TPSA) is 61.8 Å². The molecule has 0 aliphatic rings. The summed E-state index contributed by atoms with van der Waals surface area (Å²) in [4.78, 5) is 11.2. The molecule has 4 nitrogen and oxygen atoms in total. The quantitative estimate of drug-likeness (QED) is 0.487. The Kier molecular flexibility index (Phi) is 2.82. The second-order valence-electron chi connectivity index (χ2n) is 3.88. The molecule has 0 bridgehead atoms. The van der Waals surface area contributed by atoms with E-state index in [0.29, 0.717) is 5.69 Å². The van der Waals surface area contributed by atoms with Gasteiger partial charge in [0.1, 0.15) is 11.3 Å². The molecule has 3 heterocycles. The molecule has 92 valence electrons.